The Morgan fingerprint density at radius 3 is 2.23 bits per heavy atom. The highest BCUT2D eigenvalue weighted by molar-refractivity contribution is 5.13. The fourth-order valence-corrected chi connectivity index (χ4v) is 0.781. The molecule has 0 bridgehead atoms. The minimum atomic E-state index is 0.621. The molecule has 0 heterocycles. The molecule has 0 fully saturated rings. The molecule has 0 saturated carbocycles. The largest absolute Gasteiger partial charge is 0.494 e. The summed E-state index contributed by atoms with van der Waals surface area (Å²) < 4.78 is 5.23. The summed E-state index contributed by atoms with van der Waals surface area (Å²) in [5.41, 5.74) is 1.18. The summed E-state index contributed by atoms with van der Waals surface area (Å²) in [7, 11) is 0. The molecule has 0 aliphatic heterocycles. The van der Waals surface area contributed by atoms with Crippen LogP contribution in [0.1, 0.15) is 26.3 Å². The maximum Gasteiger partial charge on any atom is 0.113 e. The number of allylic oxidation sites excluding steroid dienone is 1. The molecular formula is C12H18O. The van der Waals surface area contributed by atoms with Crippen molar-refractivity contribution >= 4 is 0 Å². The zero-order valence-electron chi connectivity index (χ0n) is 8.71. The highest BCUT2D eigenvalue weighted by atomic mass is 16.5. The van der Waals surface area contributed by atoms with Crippen molar-refractivity contribution in [2.24, 2.45) is 0 Å². The third-order valence-corrected chi connectivity index (χ3v) is 1.33. The fraction of sp³-hybridized carbons (Fsp3) is 0.333. The van der Waals surface area contributed by atoms with Crippen LogP contribution in [0.3, 0.4) is 0 Å². The molecule has 1 heteroatoms. The molecule has 1 rings (SSSR count). The summed E-state index contributed by atoms with van der Waals surface area (Å²) in [6, 6.07) is 10.0. The van der Waals surface area contributed by atoms with Gasteiger partial charge in [-0.15, -0.1) is 0 Å². The van der Waals surface area contributed by atoms with Crippen LogP contribution >= 0.6 is 0 Å². The third-order valence-electron chi connectivity index (χ3n) is 1.33. The van der Waals surface area contributed by atoms with Crippen LogP contribution in [-0.2, 0) is 11.3 Å². The second kappa shape index (κ2) is 7.41. The van der Waals surface area contributed by atoms with Crippen molar-refractivity contribution < 1.29 is 4.74 Å². The van der Waals surface area contributed by atoms with E-state index in [4.69, 9.17) is 4.74 Å². The minimum absolute atomic E-state index is 0.621. The summed E-state index contributed by atoms with van der Waals surface area (Å²) in [6.07, 6.45) is 0. The van der Waals surface area contributed by atoms with Gasteiger partial charge in [0.15, 0.2) is 0 Å². The van der Waals surface area contributed by atoms with Gasteiger partial charge in [-0.25, -0.2) is 0 Å². The van der Waals surface area contributed by atoms with Gasteiger partial charge in [0, 0.05) is 0 Å². The molecule has 0 atom stereocenters. The number of ether oxygens (including phenoxy) is 1. The lowest BCUT2D eigenvalue weighted by atomic mass is 10.2. The van der Waals surface area contributed by atoms with E-state index in [0.29, 0.717) is 6.61 Å². The van der Waals surface area contributed by atoms with Crippen molar-refractivity contribution in [2.75, 3.05) is 0 Å². The van der Waals surface area contributed by atoms with Gasteiger partial charge in [-0.2, -0.15) is 0 Å². The Morgan fingerprint density at radius 1 is 1.23 bits per heavy atom. The number of rotatable bonds is 3. The van der Waals surface area contributed by atoms with Gasteiger partial charge in [-0.05, 0) is 12.5 Å². The van der Waals surface area contributed by atoms with Gasteiger partial charge in [0.2, 0.25) is 0 Å². The zero-order valence-corrected chi connectivity index (χ0v) is 8.71. The first-order chi connectivity index (χ1) is 6.29. The van der Waals surface area contributed by atoms with Gasteiger partial charge in [0.25, 0.3) is 0 Å². The molecule has 0 aliphatic rings. The summed E-state index contributed by atoms with van der Waals surface area (Å²) in [4.78, 5) is 0. The van der Waals surface area contributed by atoms with Crippen molar-refractivity contribution in [2.45, 2.75) is 27.4 Å². The van der Waals surface area contributed by atoms with Crippen LogP contribution in [0.15, 0.2) is 42.7 Å². The Balaban J connectivity index is 0.000000671. The van der Waals surface area contributed by atoms with Gasteiger partial charge in [-0.3, -0.25) is 0 Å². The minimum Gasteiger partial charge on any atom is -0.494 e. The van der Waals surface area contributed by atoms with Crippen LogP contribution in [0.4, 0.5) is 0 Å². The van der Waals surface area contributed by atoms with E-state index in [1.807, 2.05) is 51.1 Å². The lowest BCUT2D eigenvalue weighted by molar-refractivity contribution is 0.202. The smallest absolute Gasteiger partial charge is 0.113 e. The van der Waals surface area contributed by atoms with Crippen LogP contribution in [0.5, 0.6) is 0 Å². The second-order valence-electron chi connectivity index (χ2n) is 2.48. The van der Waals surface area contributed by atoms with E-state index in [0.717, 1.165) is 5.76 Å². The highest BCUT2D eigenvalue weighted by Crippen LogP contribution is 2.02. The second-order valence-corrected chi connectivity index (χ2v) is 2.48. The van der Waals surface area contributed by atoms with Crippen LogP contribution in [0, 0.1) is 0 Å². The van der Waals surface area contributed by atoms with Gasteiger partial charge in [-0.1, -0.05) is 50.8 Å². The first-order valence-corrected chi connectivity index (χ1v) is 4.61. The first kappa shape index (κ1) is 11.8. The van der Waals surface area contributed by atoms with Gasteiger partial charge < -0.3 is 4.74 Å². The fourth-order valence-electron chi connectivity index (χ4n) is 0.781. The maximum atomic E-state index is 5.23. The average molecular weight is 178 g/mol. The topological polar surface area (TPSA) is 9.23 Å². The number of hydrogen-bond donors (Lipinski definition) is 0. The summed E-state index contributed by atoms with van der Waals surface area (Å²) >= 11 is 0. The summed E-state index contributed by atoms with van der Waals surface area (Å²) in [5, 5.41) is 0. The van der Waals surface area contributed by atoms with Crippen molar-refractivity contribution in [3.05, 3.63) is 48.2 Å². The van der Waals surface area contributed by atoms with E-state index in [2.05, 4.69) is 6.58 Å². The van der Waals surface area contributed by atoms with Crippen LogP contribution in [0.2, 0.25) is 0 Å². The Morgan fingerprint density at radius 2 is 1.77 bits per heavy atom. The monoisotopic (exact) mass is 178 g/mol. The molecule has 0 aliphatic carbocycles. The predicted molar refractivity (Wildman–Crippen MR) is 57.4 cm³/mol. The molecule has 1 nitrogen and oxygen atoms in total. The molecule has 0 radical (unpaired) electrons. The average Bonchev–Trinajstić information content (AvgIpc) is 2.19. The zero-order chi connectivity index (χ0) is 10.1. The standard InChI is InChI=1S/C10H12O.C2H6/c1-9(2)11-8-10-6-4-3-5-7-10;1-2/h3-7H,1,8H2,2H3;1-2H3. The van der Waals surface area contributed by atoms with Crippen molar-refractivity contribution in [1.29, 1.82) is 0 Å². The predicted octanol–water partition coefficient (Wildman–Crippen LogP) is 3.76. The van der Waals surface area contributed by atoms with Crippen LogP contribution in [0.25, 0.3) is 0 Å². The normalized spacial score (nSPS) is 8.23. The molecule has 13 heavy (non-hydrogen) atoms. The Bertz CT molecular complexity index is 226. The van der Waals surface area contributed by atoms with Crippen molar-refractivity contribution in [3.8, 4) is 0 Å². The number of benzene rings is 1. The van der Waals surface area contributed by atoms with E-state index in [-0.39, 0.29) is 0 Å². The molecule has 0 spiro atoms. The van der Waals surface area contributed by atoms with Gasteiger partial charge >= 0.3 is 0 Å². The summed E-state index contributed by atoms with van der Waals surface area (Å²) in [5.74, 6) is 0.758. The number of hydrogen-bond acceptors (Lipinski definition) is 1. The molecule has 1 aromatic carbocycles. The highest BCUT2D eigenvalue weighted by Gasteiger charge is 1.89. The lowest BCUT2D eigenvalue weighted by Crippen LogP contribution is -1.88. The lowest BCUT2D eigenvalue weighted by Gasteiger charge is -2.03. The quantitative estimate of drug-likeness (QED) is 0.640. The van der Waals surface area contributed by atoms with E-state index < -0.39 is 0 Å². The van der Waals surface area contributed by atoms with E-state index >= 15 is 0 Å². The SMILES string of the molecule is C=C(C)OCc1ccccc1.CC. The first-order valence-electron chi connectivity index (χ1n) is 4.61. The Kier molecular flexibility index (Phi) is 6.70. The molecule has 1 aromatic rings. The molecule has 0 N–H and O–H groups in total. The Labute approximate surface area is 81.1 Å². The van der Waals surface area contributed by atoms with Gasteiger partial charge in [0.1, 0.15) is 6.61 Å². The summed E-state index contributed by atoms with van der Waals surface area (Å²) in [6.45, 7) is 10.1. The van der Waals surface area contributed by atoms with E-state index in [1.165, 1.54) is 5.56 Å². The van der Waals surface area contributed by atoms with E-state index in [1.54, 1.807) is 0 Å². The molecule has 0 amide bonds. The van der Waals surface area contributed by atoms with Crippen molar-refractivity contribution in [1.82, 2.24) is 0 Å². The molecule has 0 saturated heterocycles. The Hall–Kier alpha value is -1.24. The van der Waals surface area contributed by atoms with Crippen LogP contribution in [-0.4, -0.2) is 0 Å². The van der Waals surface area contributed by atoms with Crippen LogP contribution < -0.4 is 0 Å². The third kappa shape index (κ3) is 5.97. The van der Waals surface area contributed by atoms with Gasteiger partial charge in [0.05, 0.1) is 5.76 Å². The van der Waals surface area contributed by atoms with E-state index in [9.17, 15) is 0 Å². The molecular weight excluding hydrogens is 160 g/mol. The maximum absolute atomic E-state index is 5.23. The molecule has 0 unspecified atom stereocenters. The van der Waals surface area contributed by atoms with Crippen molar-refractivity contribution in [3.63, 3.8) is 0 Å². The molecule has 0 aromatic heterocycles. The molecule has 72 valence electrons.